The molecular weight excluding hydrogens is 408 g/mol. The van der Waals surface area contributed by atoms with Crippen molar-refractivity contribution in [2.75, 3.05) is 6.54 Å². The molecule has 2 aliphatic heterocycles. The summed E-state index contributed by atoms with van der Waals surface area (Å²) in [4.78, 5) is 26.7. The van der Waals surface area contributed by atoms with Crippen LogP contribution in [0.4, 0.5) is 5.69 Å². The van der Waals surface area contributed by atoms with E-state index in [1.54, 1.807) is 34.9 Å². The predicted molar refractivity (Wildman–Crippen MR) is 119 cm³/mol. The van der Waals surface area contributed by atoms with Gasteiger partial charge in [0, 0.05) is 24.5 Å². The number of rotatable bonds is 4. The van der Waals surface area contributed by atoms with E-state index in [1.165, 1.54) is 16.2 Å². The van der Waals surface area contributed by atoms with E-state index < -0.39 is 4.92 Å². The SMILES string of the molecule is O=c1n(-c2ccc([N+](=O)[O-])c3ccccc23)c(O)c2n1[C@H]1C[C@@H]2N(Cc2ccccc2)C1. The van der Waals surface area contributed by atoms with Crippen molar-refractivity contribution >= 4 is 16.5 Å². The number of imidazole rings is 1. The van der Waals surface area contributed by atoms with Gasteiger partial charge in [-0.15, -0.1) is 0 Å². The lowest BCUT2D eigenvalue weighted by molar-refractivity contribution is -0.383. The average molecular weight is 428 g/mol. The number of aromatic hydroxyl groups is 1. The first-order valence-electron chi connectivity index (χ1n) is 10.5. The second-order valence-electron chi connectivity index (χ2n) is 8.42. The molecule has 160 valence electrons. The minimum atomic E-state index is -0.434. The van der Waals surface area contributed by atoms with Crippen molar-refractivity contribution in [3.8, 4) is 11.6 Å². The molecule has 0 radical (unpaired) electrons. The van der Waals surface area contributed by atoms with Crippen LogP contribution in [-0.4, -0.2) is 30.6 Å². The molecule has 1 saturated heterocycles. The summed E-state index contributed by atoms with van der Waals surface area (Å²) in [5.74, 6) is -0.0840. The number of likely N-dealkylation sites (tertiary alicyclic amines) is 1. The van der Waals surface area contributed by atoms with Crippen LogP contribution >= 0.6 is 0 Å². The molecule has 0 saturated carbocycles. The second kappa shape index (κ2) is 6.80. The Balaban J connectivity index is 1.48. The summed E-state index contributed by atoms with van der Waals surface area (Å²) in [6, 6.07) is 19.9. The highest BCUT2D eigenvalue weighted by atomic mass is 16.6. The third kappa shape index (κ3) is 2.56. The van der Waals surface area contributed by atoms with E-state index >= 15 is 0 Å². The maximum Gasteiger partial charge on any atom is 0.336 e. The molecule has 1 fully saturated rings. The van der Waals surface area contributed by atoms with E-state index in [0.29, 0.717) is 22.2 Å². The fourth-order valence-corrected chi connectivity index (χ4v) is 5.37. The average Bonchev–Trinajstić information content (AvgIpc) is 3.45. The number of hydrogen-bond acceptors (Lipinski definition) is 5. The molecule has 2 bridgehead atoms. The Bertz CT molecular complexity index is 1440. The normalized spacial score (nSPS) is 19.5. The van der Waals surface area contributed by atoms with Gasteiger partial charge < -0.3 is 5.11 Å². The van der Waals surface area contributed by atoms with Crippen LogP contribution in [0.1, 0.15) is 29.8 Å². The van der Waals surface area contributed by atoms with Gasteiger partial charge in [0.25, 0.3) is 5.69 Å². The van der Waals surface area contributed by atoms with Gasteiger partial charge in [-0.25, -0.2) is 9.36 Å². The first kappa shape index (κ1) is 18.8. The molecular formula is C24H20N4O4. The summed E-state index contributed by atoms with van der Waals surface area (Å²) in [7, 11) is 0. The van der Waals surface area contributed by atoms with E-state index in [9.17, 15) is 20.0 Å². The van der Waals surface area contributed by atoms with E-state index in [2.05, 4.69) is 17.0 Å². The highest BCUT2D eigenvalue weighted by Crippen LogP contribution is 2.49. The van der Waals surface area contributed by atoms with Crippen molar-refractivity contribution in [3.05, 3.63) is 98.6 Å². The zero-order valence-electron chi connectivity index (χ0n) is 17.1. The smallest absolute Gasteiger partial charge is 0.336 e. The van der Waals surface area contributed by atoms with Crippen molar-refractivity contribution in [1.29, 1.82) is 0 Å². The minimum absolute atomic E-state index is 0.00248. The Kier molecular flexibility index (Phi) is 4.00. The maximum absolute atomic E-state index is 13.4. The minimum Gasteiger partial charge on any atom is -0.493 e. The van der Waals surface area contributed by atoms with Crippen LogP contribution in [0, 0.1) is 10.1 Å². The van der Waals surface area contributed by atoms with E-state index in [4.69, 9.17) is 0 Å². The fraction of sp³-hybridized carbons (Fsp3) is 0.208. The molecule has 0 aliphatic carbocycles. The summed E-state index contributed by atoms with van der Waals surface area (Å²) in [6.07, 6.45) is 0.798. The molecule has 8 nitrogen and oxygen atoms in total. The van der Waals surface area contributed by atoms with Gasteiger partial charge in [-0.05, 0) is 24.1 Å². The Labute approximate surface area is 182 Å². The predicted octanol–water partition coefficient (Wildman–Crippen LogP) is 3.91. The van der Waals surface area contributed by atoms with Crippen molar-refractivity contribution in [3.63, 3.8) is 0 Å². The lowest BCUT2D eigenvalue weighted by Crippen LogP contribution is -2.34. The largest absolute Gasteiger partial charge is 0.493 e. The lowest BCUT2D eigenvalue weighted by Gasteiger charge is -2.27. The number of benzene rings is 3. The van der Waals surface area contributed by atoms with Crippen LogP contribution in [0.15, 0.2) is 71.5 Å². The van der Waals surface area contributed by atoms with Gasteiger partial charge in [0.15, 0.2) is 0 Å². The third-order valence-electron chi connectivity index (χ3n) is 6.70. The molecule has 0 spiro atoms. The Morgan fingerprint density at radius 3 is 2.47 bits per heavy atom. The Morgan fingerprint density at radius 1 is 1.00 bits per heavy atom. The molecule has 1 N–H and O–H groups in total. The summed E-state index contributed by atoms with van der Waals surface area (Å²) >= 11 is 0. The molecule has 2 atom stereocenters. The number of nitro groups is 1. The van der Waals surface area contributed by atoms with Crippen molar-refractivity contribution in [1.82, 2.24) is 14.0 Å². The molecule has 32 heavy (non-hydrogen) atoms. The van der Waals surface area contributed by atoms with Crippen molar-refractivity contribution in [2.24, 2.45) is 0 Å². The summed E-state index contributed by atoms with van der Waals surface area (Å²) in [6.45, 7) is 1.50. The highest BCUT2D eigenvalue weighted by Gasteiger charge is 2.47. The lowest BCUT2D eigenvalue weighted by atomic mass is 10.1. The van der Waals surface area contributed by atoms with Crippen LogP contribution in [-0.2, 0) is 6.54 Å². The topological polar surface area (TPSA) is 93.5 Å². The van der Waals surface area contributed by atoms with Crippen LogP contribution in [0.3, 0.4) is 0 Å². The monoisotopic (exact) mass is 428 g/mol. The third-order valence-corrected chi connectivity index (χ3v) is 6.70. The standard InChI is InChI=1S/C24H20N4O4/c29-23-22-21-12-16(14-25(21)13-15-6-2-1-3-7-15)26(22)24(30)27(23)19-10-11-20(28(31)32)18-9-5-4-8-17(18)19/h1-11,16,21,29H,12-14H2/t16-,21-/m0/s1. The van der Waals surface area contributed by atoms with Crippen LogP contribution in [0.2, 0.25) is 0 Å². The molecule has 1 aromatic heterocycles. The maximum atomic E-state index is 13.4. The Hall–Kier alpha value is -3.91. The summed E-state index contributed by atoms with van der Waals surface area (Å²) in [5, 5.41) is 23.7. The number of aromatic nitrogens is 2. The highest BCUT2D eigenvalue weighted by molar-refractivity contribution is 5.97. The zero-order valence-corrected chi connectivity index (χ0v) is 17.1. The summed E-state index contributed by atoms with van der Waals surface area (Å²) < 4.78 is 3.00. The van der Waals surface area contributed by atoms with Gasteiger partial charge in [-0.1, -0.05) is 48.5 Å². The molecule has 0 amide bonds. The van der Waals surface area contributed by atoms with Crippen LogP contribution in [0.25, 0.3) is 16.5 Å². The Morgan fingerprint density at radius 2 is 1.72 bits per heavy atom. The molecule has 4 aromatic rings. The molecule has 3 heterocycles. The molecule has 6 rings (SSSR count). The van der Waals surface area contributed by atoms with Crippen LogP contribution in [0.5, 0.6) is 5.88 Å². The number of nitrogens with zero attached hydrogens (tertiary/aromatic N) is 4. The van der Waals surface area contributed by atoms with Gasteiger partial charge in [-0.3, -0.25) is 19.6 Å². The second-order valence-corrected chi connectivity index (χ2v) is 8.42. The summed E-state index contributed by atoms with van der Waals surface area (Å²) in [5.41, 5.74) is 1.93. The number of fused-ring (bicyclic) bond motifs is 6. The molecule has 0 unspecified atom stereocenters. The van der Waals surface area contributed by atoms with E-state index in [1.807, 2.05) is 18.2 Å². The quantitative estimate of drug-likeness (QED) is 0.393. The number of hydrogen-bond donors (Lipinski definition) is 1. The molecule has 8 heteroatoms. The number of non-ortho nitro benzene ring substituents is 1. The molecule has 3 aromatic carbocycles. The van der Waals surface area contributed by atoms with Gasteiger partial charge in [0.05, 0.1) is 28.1 Å². The van der Waals surface area contributed by atoms with Gasteiger partial charge >= 0.3 is 5.69 Å². The van der Waals surface area contributed by atoms with E-state index in [0.717, 1.165) is 19.5 Å². The van der Waals surface area contributed by atoms with E-state index in [-0.39, 0.29) is 29.3 Å². The first-order chi connectivity index (χ1) is 15.5. The van der Waals surface area contributed by atoms with Crippen LogP contribution < -0.4 is 5.69 Å². The van der Waals surface area contributed by atoms with Crippen molar-refractivity contribution < 1.29 is 10.0 Å². The van der Waals surface area contributed by atoms with Crippen molar-refractivity contribution in [2.45, 2.75) is 25.0 Å². The zero-order chi connectivity index (χ0) is 22.0. The molecule has 2 aliphatic rings. The fourth-order valence-electron chi connectivity index (χ4n) is 5.37. The van der Waals surface area contributed by atoms with Gasteiger partial charge in [-0.2, -0.15) is 0 Å². The van der Waals surface area contributed by atoms with Gasteiger partial charge in [0.1, 0.15) is 5.69 Å². The first-order valence-corrected chi connectivity index (χ1v) is 10.5. The van der Waals surface area contributed by atoms with Gasteiger partial charge in [0.2, 0.25) is 5.88 Å². The number of nitro benzene ring substituents is 1.